The largest absolute Gasteiger partial charge is 0.462 e. The van der Waals surface area contributed by atoms with Crippen molar-refractivity contribution in [3.05, 3.63) is 58.8 Å². The van der Waals surface area contributed by atoms with E-state index in [1.807, 2.05) is 18.2 Å². The first kappa shape index (κ1) is 15.7. The molecule has 0 fully saturated rings. The van der Waals surface area contributed by atoms with Gasteiger partial charge in [0, 0.05) is 7.11 Å². The number of furan rings is 1. The van der Waals surface area contributed by atoms with Gasteiger partial charge in [-0.25, -0.2) is 4.39 Å². The van der Waals surface area contributed by atoms with E-state index in [9.17, 15) is 4.39 Å². The minimum atomic E-state index is -0.187. The van der Waals surface area contributed by atoms with Gasteiger partial charge in [0.15, 0.2) is 0 Å². The summed E-state index contributed by atoms with van der Waals surface area (Å²) in [6, 6.07) is 8.95. The van der Waals surface area contributed by atoms with Crippen molar-refractivity contribution in [3.63, 3.8) is 0 Å². The summed E-state index contributed by atoms with van der Waals surface area (Å²) in [5, 5.41) is 3.45. The van der Waals surface area contributed by atoms with Gasteiger partial charge in [-0.2, -0.15) is 0 Å². The lowest BCUT2D eigenvalue weighted by molar-refractivity contribution is 0.162. The van der Waals surface area contributed by atoms with Crippen LogP contribution in [0.15, 0.2) is 34.7 Å². The van der Waals surface area contributed by atoms with Crippen molar-refractivity contribution in [2.75, 3.05) is 13.7 Å². The molecule has 0 amide bonds. The van der Waals surface area contributed by atoms with E-state index in [1.54, 1.807) is 20.1 Å². The Bertz CT molecular complexity index is 580. The predicted octanol–water partition coefficient (Wildman–Crippen LogP) is 3.96. The topological polar surface area (TPSA) is 34.4 Å². The minimum absolute atomic E-state index is 0.0742. The summed E-state index contributed by atoms with van der Waals surface area (Å²) in [4.78, 5) is 0. The molecule has 0 aliphatic rings. The zero-order valence-electron chi connectivity index (χ0n) is 12.8. The summed E-state index contributed by atoms with van der Waals surface area (Å²) in [7, 11) is 1.64. The number of hydrogen-bond acceptors (Lipinski definition) is 3. The number of nitrogens with one attached hydrogen (secondary N) is 1. The molecule has 0 radical (unpaired) electrons. The SMILES string of the molecule is CCCNC(c1ccc(F)c(C)c1)c1ccc(COC)o1. The quantitative estimate of drug-likeness (QED) is 0.838. The van der Waals surface area contributed by atoms with E-state index in [4.69, 9.17) is 9.15 Å². The molecule has 1 atom stereocenters. The normalized spacial score (nSPS) is 12.6. The molecule has 114 valence electrons. The first-order chi connectivity index (χ1) is 10.2. The van der Waals surface area contributed by atoms with E-state index >= 15 is 0 Å². The van der Waals surface area contributed by atoms with Gasteiger partial charge in [-0.1, -0.05) is 19.1 Å². The fourth-order valence-corrected chi connectivity index (χ4v) is 2.29. The second kappa shape index (κ2) is 7.38. The van der Waals surface area contributed by atoms with Crippen LogP contribution >= 0.6 is 0 Å². The zero-order valence-corrected chi connectivity index (χ0v) is 12.8. The van der Waals surface area contributed by atoms with Gasteiger partial charge in [0.1, 0.15) is 23.9 Å². The highest BCUT2D eigenvalue weighted by molar-refractivity contribution is 5.31. The van der Waals surface area contributed by atoms with Crippen molar-refractivity contribution in [3.8, 4) is 0 Å². The highest BCUT2D eigenvalue weighted by Crippen LogP contribution is 2.26. The Labute approximate surface area is 125 Å². The highest BCUT2D eigenvalue weighted by Gasteiger charge is 2.18. The number of hydrogen-bond donors (Lipinski definition) is 1. The lowest BCUT2D eigenvalue weighted by Gasteiger charge is -2.17. The first-order valence-corrected chi connectivity index (χ1v) is 7.22. The average Bonchev–Trinajstić information content (AvgIpc) is 2.92. The third-order valence-corrected chi connectivity index (χ3v) is 3.37. The lowest BCUT2D eigenvalue weighted by atomic mass is 10.0. The molecular formula is C17H22FNO2. The Morgan fingerprint density at radius 1 is 1.29 bits per heavy atom. The lowest BCUT2D eigenvalue weighted by Crippen LogP contribution is -2.23. The Morgan fingerprint density at radius 2 is 2.10 bits per heavy atom. The van der Waals surface area contributed by atoms with Crippen LogP contribution in [0.4, 0.5) is 4.39 Å². The fourth-order valence-electron chi connectivity index (χ4n) is 2.29. The van der Waals surface area contributed by atoms with E-state index in [-0.39, 0.29) is 11.9 Å². The summed E-state index contributed by atoms with van der Waals surface area (Å²) >= 11 is 0. The van der Waals surface area contributed by atoms with Crippen LogP contribution in [0.3, 0.4) is 0 Å². The summed E-state index contributed by atoms with van der Waals surface area (Å²) in [6.07, 6.45) is 1.02. The number of aryl methyl sites for hydroxylation is 1. The van der Waals surface area contributed by atoms with Crippen LogP contribution in [-0.4, -0.2) is 13.7 Å². The number of benzene rings is 1. The monoisotopic (exact) mass is 291 g/mol. The molecule has 1 aromatic heterocycles. The zero-order chi connectivity index (χ0) is 15.2. The number of rotatable bonds is 7. The average molecular weight is 291 g/mol. The highest BCUT2D eigenvalue weighted by atomic mass is 19.1. The van der Waals surface area contributed by atoms with Gasteiger partial charge in [-0.05, 0) is 49.2 Å². The number of ether oxygens (including phenoxy) is 1. The molecule has 0 bridgehead atoms. The summed E-state index contributed by atoms with van der Waals surface area (Å²) in [6.45, 7) is 5.19. The van der Waals surface area contributed by atoms with Crippen LogP contribution in [0.2, 0.25) is 0 Å². The first-order valence-electron chi connectivity index (χ1n) is 7.22. The number of methoxy groups -OCH3 is 1. The van der Waals surface area contributed by atoms with Gasteiger partial charge in [-0.15, -0.1) is 0 Å². The maximum absolute atomic E-state index is 13.5. The second-order valence-electron chi connectivity index (χ2n) is 5.13. The molecule has 1 heterocycles. The summed E-state index contributed by atoms with van der Waals surface area (Å²) in [5.41, 5.74) is 1.64. The molecule has 1 aromatic carbocycles. The fraction of sp³-hybridized carbons (Fsp3) is 0.412. The molecule has 0 aliphatic carbocycles. The number of halogens is 1. The van der Waals surface area contributed by atoms with E-state index in [0.29, 0.717) is 12.2 Å². The van der Waals surface area contributed by atoms with Crippen molar-refractivity contribution in [2.24, 2.45) is 0 Å². The third kappa shape index (κ3) is 3.93. The van der Waals surface area contributed by atoms with Gasteiger partial charge < -0.3 is 14.5 Å². The maximum atomic E-state index is 13.5. The Hall–Kier alpha value is -1.65. The maximum Gasteiger partial charge on any atom is 0.129 e. The molecule has 4 heteroatoms. The minimum Gasteiger partial charge on any atom is -0.462 e. The van der Waals surface area contributed by atoms with Gasteiger partial charge in [-0.3, -0.25) is 0 Å². The molecule has 2 aromatic rings. The van der Waals surface area contributed by atoms with E-state index < -0.39 is 0 Å². The van der Waals surface area contributed by atoms with Crippen LogP contribution in [0.1, 0.15) is 42.0 Å². The Kier molecular flexibility index (Phi) is 5.53. The molecule has 0 saturated carbocycles. The van der Waals surface area contributed by atoms with Crippen molar-refractivity contribution in [1.82, 2.24) is 5.32 Å². The molecule has 21 heavy (non-hydrogen) atoms. The predicted molar refractivity (Wildman–Crippen MR) is 80.7 cm³/mol. The Balaban J connectivity index is 2.29. The van der Waals surface area contributed by atoms with Crippen LogP contribution < -0.4 is 5.32 Å². The van der Waals surface area contributed by atoms with Gasteiger partial charge in [0.2, 0.25) is 0 Å². The van der Waals surface area contributed by atoms with Crippen LogP contribution in [0, 0.1) is 12.7 Å². The van der Waals surface area contributed by atoms with Crippen LogP contribution in [-0.2, 0) is 11.3 Å². The second-order valence-corrected chi connectivity index (χ2v) is 5.13. The molecule has 2 rings (SSSR count). The van der Waals surface area contributed by atoms with Gasteiger partial charge >= 0.3 is 0 Å². The molecule has 1 unspecified atom stereocenters. The molecule has 3 nitrogen and oxygen atoms in total. The van der Waals surface area contributed by atoms with Crippen LogP contribution in [0.25, 0.3) is 0 Å². The Morgan fingerprint density at radius 3 is 2.76 bits per heavy atom. The molecular weight excluding hydrogens is 269 g/mol. The van der Waals surface area contributed by atoms with Crippen LogP contribution in [0.5, 0.6) is 0 Å². The van der Waals surface area contributed by atoms with Crippen molar-refractivity contribution < 1.29 is 13.5 Å². The summed E-state index contributed by atoms with van der Waals surface area (Å²) in [5.74, 6) is 1.42. The molecule has 0 spiro atoms. The molecule has 0 saturated heterocycles. The molecule has 0 aliphatic heterocycles. The smallest absolute Gasteiger partial charge is 0.129 e. The summed E-state index contributed by atoms with van der Waals surface area (Å²) < 4.78 is 24.4. The van der Waals surface area contributed by atoms with E-state index in [1.165, 1.54) is 6.07 Å². The van der Waals surface area contributed by atoms with E-state index in [2.05, 4.69) is 12.2 Å². The van der Waals surface area contributed by atoms with Crippen molar-refractivity contribution in [2.45, 2.75) is 32.9 Å². The molecule has 1 N–H and O–H groups in total. The van der Waals surface area contributed by atoms with E-state index in [0.717, 1.165) is 30.0 Å². The van der Waals surface area contributed by atoms with Gasteiger partial charge in [0.05, 0.1) is 6.04 Å². The third-order valence-electron chi connectivity index (χ3n) is 3.37. The standard InChI is InChI=1S/C17H22FNO2/c1-4-9-19-17(13-5-7-15(18)12(2)10-13)16-8-6-14(21-16)11-20-3/h5-8,10,17,19H,4,9,11H2,1-3H3. The van der Waals surface area contributed by atoms with Crippen molar-refractivity contribution >= 4 is 0 Å². The van der Waals surface area contributed by atoms with Crippen molar-refractivity contribution in [1.29, 1.82) is 0 Å². The van der Waals surface area contributed by atoms with Gasteiger partial charge in [0.25, 0.3) is 0 Å².